The van der Waals surface area contributed by atoms with Gasteiger partial charge in [0.25, 0.3) is 5.89 Å². The fourth-order valence-electron chi connectivity index (χ4n) is 1.31. The van der Waals surface area contributed by atoms with Crippen LogP contribution in [0.4, 0.5) is 17.6 Å². The minimum atomic E-state index is -4.81. The number of halogens is 4. The van der Waals surface area contributed by atoms with Gasteiger partial charge in [0.2, 0.25) is 0 Å². The predicted octanol–water partition coefficient (Wildman–Crippen LogP) is 2.39. The Labute approximate surface area is 97.9 Å². The fraction of sp³-hybridized carbons (Fsp3) is 0.200. The smallest absolute Gasteiger partial charge is 0.388 e. The monoisotopic (exact) mass is 262 g/mol. The van der Waals surface area contributed by atoms with Crippen LogP contribution in [0.25, 0.3) is 11.5 Å². The molecule has 8 heteroatoms. The van der Waals surface area contributed by atoms with Crippen LogP contribution in [0, 0.1) is 5.82 Å². The number of hydrogen-bond acceptors (Lipinski definition) is 4. The van der Waals surface area contributed by atoms with Gasteiger partial charge in [-0.3, -0.25) is 0 Å². The van der Waals surface area contributed by atoms with Crippen LogP contribution in [0.1, 0.15) is 11.4 Å². The molecule has 0 fully saturated rings. The Kier molecular flexibility index (Phi) is 3.04. The third-order valence-electron chi connectivity index (χ3n) is 2.13. The first kappa shape index (κ1) is 12.5. The van der Waals surface area contributed by atoms with Gasteiger partial charge in [-0.15, -0.1) is 0 Å². The molecule has 1 aromatic heterocycles. The first-order chi connectivity index (χ1) is 8.41. The van der Waals surface area contributed by atoms with Crippen LogP contribution in [0.15, 0.2) is 22.7 Å². The standard InChI is InChI=1S/C10H6F4N2O2/c11-7-2-1-5(3-6(7)10(12,13)14)9-15-8(4-17)16-18-9/h1-3,17H,4H2. The van der Waals surface area contributed by atoms with Crippen molar-refractivity contribution >= 4 is 0 Å². The molecule has 1 N–H and O–H groups in total. The second kappa shape index (κ2) is 4.37. The van der Waals surface area contributed by atoms with Gasteiger partial charge in [-0.05, 0) is 18.2 Å². The van der Waals surface area contributed by atoms with E-state index in [1.54, 1.807) is 0 Å². The van der Waals surface area contributed by atoms with Gasteiger partial charge in [0.1, 0.15) is 12.4 Å². The van der Waals surface area contributed by atoms with Crippen molar-refractivity contribution in [2.24, 2.45) is 0 Å². The Morgan fingerprint density at radius 1 is 1.28 bits per heavy atom. The van der Waals surface area contributed by atoms with Crippen molar-refractivity contribution in [3.63, 3.8) is 0 Å². The average Bonchev–Trinajstić information content (AvgIpc) is 2.76. The van der Waals surface area contributed by atoms with Crippen LogP contribution >= 0.6 is 0 Å². The summed E-state index contributed by atoms with van der Waals surface area (Å²) in [6.07, 6.45) is -4.81. The van der Waals surface area contributed by atoms with Gasteiger partial charge in [-0.2, -0.15) is 18.2 Å². The Hall–Kier alpha value is -1.96. The van der Waals surface area contributed by atoms with Gasteiger partial charge in [-0.1, -0.05) is 5.16 Å². The van der Waals surface area contributed by atoms with Crippen molar-refractivity contribution in [1.29, 1.82) is 0 Å². The van der Waals surface area contributed by atoms with E-state index in [-0.39, 0.29) is 17.3 Å². The summed E-state index contributed by atoms with van der Waals surface area (Å²) in [4.78, 5) is 3.63. The van der Waals surface area contributed by atoms with Crippen LogP contribution in [0.5, 0.6) is 0 Å². The molecule has 2 rings (SSSR count). The molecule has 0 bridgehead atoms. The maximum atomic E-state index is 13.0. The highest BCUT2D eigenvalue weighted by atomic mass is 19.4. The molecule has 0 saturated heterocycles. The van der Waals surface area contributed by atoms with Crippen LogP contribution in [0.3, 0.4) is 0 Å². The van der Waals surface area contributed by atoms with Gasteiger partial charge in [0.15, 0.2) is 5.82 Å². The Morgan fingerprint density at radius 2 is 2.00 bits per heavy atom. The molecule has 0 radical (unpaired) electrons. The third kappa shape index (κ3) is 2.33. The molecule has 2 aromatic rings. The molecule has 0 atom stereocenters. The average molecular weight is 262 g/mol. The van der Waals surface area contributed by atoms with Gasteiger partial charge in [0.05, 0.1) is 5.56 Å². The largest absolute Gasteiger partial charge is 0.419 e. The van der Waals surface area contributed by atoms with E-state index in [0.29, 0.717) is 12.1 Å². The first-order valence-electron chi connectivity index (χ1n) is 4.72. The van der Waals surface area contributed by atoms with Crippen LogP contribution in [-0.4, -0.2) is 15.2 Å². The Bertz CT molecular complexity index is 565. The normalized spacial score (nSPS) is 11.8. The molecule has 18 heavy (non-hydrogen) atoms. The van der Waals surface area contributed by atoms with E-state index in [9.17, 15) is 17.6 Å². The molecule has 0 saturated carbocycles. The minimum absolute atomic E-state index is 0.0668. The second-order valence-electron chi connectivity index (χ2n) is 3.37. The van der Waals surface area contributed by atoms with E-state index in [0.717, 1.165) is 6.07 Å². The van der Waals surface area contributed by atoms with Gasteiger partial charge in [0, 0.05) is 5.56 Å². The van der Waals surface area contributed by atoms with Crippen LogP contribution in [-0.2, 0) is 12.8 Å². The number of hydrogen-bond donors (Lipinski definition) is 1. The molecular weight excluding hydrogens is 256 g/mol. The summed E-state index contributed by atoms with van der Waals surface area (Å²) in [6.45, 7) is -0.503. The molecule has 1 heterocycles. The zero-order chi connectivity index (χ0) is 13.3. The lowest BCUT2D eigenvalue weighted by atomic mass is 10.1. The van der Waals surface area contributed by atoms with Crippen molar-refractivity contribution < 1.29 is 27.2 Å². The highest BCUT2D eigenvalue weighted by molar-refractivity contribution is 5.54. The van der Waals surface area contributed by atoms with Gasteiger partial charge >= 0.3 is 6.18 Å². The van der Waals surface area contributed by atoms with E-state index in [4.69, 9.17) is 5.11 Å². The van der Waals surface area contributed by atoms with E-state index < -0.39 is 24.2 Å². The lowest BCUT2D eigenvalue weighted by molar-refractivity contribution is -0.139. The van der Waals surface area contributed by atoms with Crippen molar-refractivity contribution in [2.45, 2.75) is 12.8 Å². The third-order valence-corrected chi connectivity index (χ3v) is 2.13. The molecule has 1 aromatic carbocycles. The van der Waals surface area contributed by atoms with Crippen molar-refractivity contribution in [1.82, 2.24) is 10.1 Å². The fourth-order valence-corrected chi connectivity index (χ4v) is 1.31. The topological polar surface area (TPSA) is 59.2 Å². The van der Waals surface area contributed by atoms with E-state index >= 15 is 0 Å². The number of alkyl halides is 3. The zero-order valence-corrected chi connectivity index (χ0v) is 8.70. The molecule has 0 spiro atoms. The molecule has 0 unspecified atom stereocenters. The first-order valence-corrected chi connectivity index (χ1v) is 4.72. The summed E-state index contributed by atoms with van der Waals surface area (Å²) < 4.78 is 55.1. The van der Waals surface area contributed by atoms with Gasteiger partial charge in [-0.25, -0.2) is 4.39 Å². The number of aromatic nitrogens is 2. The number of aliphatic hydroxyl groups is 1. The number of benzene rings is 1. The molecule has 0 amide bonds. The highest BCUT2D eigenvalue weighted by Gasteiger charge is 2.34. The number of aliphatic hydroxyl groups excluding tert-OH is 1. The maximum Gasteiger partial charge on any atom is 0.419 e. The van der Waals surface area contributed by atoms with E-state index in [1.807, 2.05) is 0 Å². The maximum absolute atomic E-state index is 13.0. The van der Waals surface area contributed by atoms with E-state index in [2.05, 4.69) is 14.7 Å². The van der Waals surface area contributed by atoms with E-state index in [1.165, 1.54) is 0 Å². The van der Waals surface area contributed by atoms with Crippen molar-refractivity contribution in [2.75, 3.05) is 0 Å². The zero-order valence-electron chi connectivity index (χ0n) is 8.70. The summed E-state index contributed by atoms with van der Waals surface area (Å²) in [5, 5.41) is 12.0. The lowest BCUT2D eigenvalue weighted by Gasteiger charge is -2.08. The molecule has 96 valence electrons. The summed E-state index contributed by atoms with van der Waals surface area (Å²) in [7, 11) is 0. The highest BCUT2D eigenvalue weighted by Crippen LogP contribution is 2.33. The number of rotatable bonds is 2. The molecule has 0 aliphatic rings. The van der Waals surface area contributed by atoms with Crippen molar-refractivity contribution in [3.05, 3.63) is 35.4 Å². The Morgan fingerprint density at radius 3 is 2.56 bits per heavy atom. The quantitative estimate of drug-likeness (QED) is 0.844. The van der Waals surface area contributed by atoms with Gasteiger partial charge < -0.3 is 9.63 Å². The molecular formula is C10H6F4N2O2. The summed E-state index contributed by atoms with van der Waals surface area (Å²) in [6, 6.07) is 2.32. The van der Waals surface area contributed by atoms with Crippen LogP contribution in [0.2, 0.25) is 0 Å². The predicted molar refractivity (Wildman–Crippen MR) is 50.6 cm³/mol. The lowest BCUT2D eigenvalue weighted by Crippen LogP contribution is -2.08. The summed E-state index contributed by atoms with van der Waals surface area (Å²) in [5.41, 5.74) is -1.49. The summed E-state index contributed by atoms with van der Waals surface area (Å²) in [5.74, 6) is -1.67. The van der Waals surface area contributed by atoms with Crippen molar-refractivity contribution in [3.8, 4) is 11.5 Å². The molecule has 0 aliphatic heterocycles. The molecule has 0 aliphatic carbocycles. The van der Waals surface area contributed by atoms with Crippen LogP contribution < -0.4 is 0 Å². The minimum Gasteiger partial charge on any atom is -0.388 e. The molecule has 4 nitrogen and oxygen atoms in total. The second-order valence-corrected chi connectivity index (χ2v) is 3.37. The number of nitrogens with zero attached hydrogens (tertiary/aromatic N) is 2. The Balaban J connectivity index is 2.47. The summed E-state index contributed by atoms with van der Waals surface area (Å²) >= 11 is 0. The SMILES string of the molecule is OCc1noc(-c2ccc(F)c(C(F)(F)F)c2)n1.